The van der Waals surface area contributed by atoms with Crippen molar-refractivity contribution in [1.29, 1.82) is 0 Å². The number of ether oxygens (including phenoxy) is 5. The zero-order chi connectivity index (χ0) is 27.0. The number of carbonyl (C=O) groups excluding carboxylic acids is 6. The van der Waals surface area contributed by atoms with Gasteiger partial charge in [0, 0.05) is 33.1 Å². The fraction of sp³-hybridized carbons (Fsp3) is 0.417. The van der Waals surface area contributed by atoms with E-state index in [1.807, 2.05) is 0 Å². The molecule has 0 aliphatic carbocycles. The number of carbonyl (C=O) groups is 6. The molecule has 1 fully saturated rings. The number of amides is 2. The van der Waals surface area contributed by atoms with Gasteiger partial charge in [0.05, 0.1) is 5.52 Å². The molecule has 5 atom stereocenters. The molecule has 0 bridgehead atoms. The van der Waals surface area contributed by atoms with E-state index in [-0.39, 0.29) is 5.69 Å². The maximum absolute atomic E-state index is 13.5. The SMILES string of the molecule is CC(=O)OC[C@H]1O[C@@H](N2C(=O)c3cc4ccccc4n3C2=O)[C@H](OC(C)=O)[C@@H](OC(C)=O)[C@@H]1OC(C)=O. The molecule has 196 valence electrons. The lowest BCUT2D eigenvalue weighted by Gasteiger charge is -2.46. The van der Waals surface area contributed by atoms with Crippen molar-refractivity contribution in [3.05, 3.63) is 36.0 Å². The van der Waals surface area contributed by atoms with Gasteiger partial charge in [0.1, 0.15) is 18.4 Å². The molecule has 0 N–H and O–H groups in total. The van der Waals surface area contributed by atoms with Crippen LogP contribution in [0.25, 0.3) is 10.9 Å². The number of rotatable bonds is 6. The Morgan fingerprint density at radius 1 is 0.838 bits per heavy atom. The maximum Gasteiger partial charge on any atom is 0.338 e. The summed E-state index contributed by atoms with van der Waals surface area (Å²) in [5.41, 5.74) is 0.503. The second kappa shape index (κ2) is 10.0. The average Bonchev–Trinajstić information content (AvgIpc) is 3.30. The van der Waals surface area contributed by atoms with Gasteiger partial charge in [-0.2, -0.15) is 0 Å². The summed E-state index contributed by atoms with van der Waals surface area (Å²) in [4.78, 5) is 75.2. The number of benzene rings is 1. The van der Waals surface area contributed by atoms with E-state index in [0.29, 0.717) is 10.9 Å². The average molecular weight is 516 g/mol. The molecule has 0 saturated carbocycles. The number of para-hydroxylation sites is 1. The fourth-order valence-corrected chi connectivity index (χ4v) is 4.47. The van der Waals surface area contributed by atoms with Gasteiger partial charge in [-0.15, -0.1) is 0 Å². The van der Waals surface area contributed by atoms with Gasteiger partial charge in [0.2, 0.25) is 0 Å². The Morgan fingerprint density at radius 3 is 2.05 bits per heavy atom. The summed E-state index contributed by atoms with van der Waals surface area (Å²) in [5.74, 6) is -3.93. The Kier molecular flexibility index (Phi) is 6.99. The largest absolute Gasteiger partial charge is 0.463 e. The molecule has 0 spiro atoms. The zero-order valence-corrected chi connectivity index (χ0v) is 20.4. The van der Waals surface area contributed by atoms with Crippen LogP contribution in [0, 0.1) is 0 Å². The predicted octanol–water partition coefficient (Wildman–Crippen LogP) is 1.15. The summed E-state index contributed by atoms with van der Waals surface area (Å²) in [6.45, 7) is 3.88. The summed E-state index contributed by atoms with van der Waals surface area (Å²) < 4.78 is 28.2. The van der Waals surface area contributed by atoms with Gasteiger partial charge in [0.25, 0.3) is 5.91 Å². The molecule has 1 aromatic carbocycles. The molecule has 4 rings (SSSR count). The first kappa shape index (κ1) is 25.8. The summed E-state index contributed by atoms with van der Waals surface area (Å²) in [5, 5.41) is 0.653. The number of fused-ring (bicyclic) bond motifs is 3. The van der Waals surface area contributed by atoms with E-state index in [1.54, 1.807) is 24.3 Å². The molecule has 0 unspecified atom stereocenters. The highest BCUT2D eigenvalue weighted by molar-refractivity contribution is 6.16. The summed E-state index contributed by atoms with van der Waals surface area (Å²) in [6, 6.07) is 7.57. The molecule has 2 aliphatic heterocycles. The van der Waals surface area contributed by atoms with E-state index in [1.165, 1.54) is 10.6 Å². The topological polar surface area (TPSA) is 157 Å². The van der Waals surface area contributed by atoms with Crippen molar-refractivity contribution in [2.75, 3.05) is 6.61 Å². The maximum atomic E-state index is 13.5. The van der Waals surface area contributed by atoms with Gasteiger partial charge in [-0.05, 0) is 12.1 Å². The first-order chi connectivity index (χ1) is 17.5. The lowest BCUT2D eigenvalue weighted by atomic mass is 9.96. The minimum Gasteiger partial charge on any atom is -0.463 e. The van der Waals surface area contributed by atoms with Crippen LogP contribution in [0.2, 0.25) is 0 Å². The quantitative estimate of drug-likeness (QED) is 0.401. The lowest BCUT2D eigenvalue weighted by molar-refractivity contribution is -0.267. The summed E-state index contributed by atoms with van der Waals surface area (Å²) in [7, 11) is 0. The zero-order valence-electron chi connectivity index (χ0n) is 20.4. The second-order valence-corrected chi connectivity index (χ2v) is 8.47. The van der Waals surface area contributed by atoms with Crippen LogP contribution in [0.5, 0.6) is 0 Å². The van der Waals surface area contributed by atoms with Crippen LogP contribution in [-0.4, -0.2) is 82.5 Å². The third-order valence-electron chi connectivity index (χ3n) is 5.77. The van der Waals surface area contributed by atoms with Gasteiger partial charge in [-0.25, -0.2) is 9.69 Å². The van der Waals surface area contributed by atoms with Crippen LogP contribution >= 0.6 is 0 Å². The highest BCUT2D eigenvalue weighted by Gasteiger charge is 2.57. The van der Waals surface area contributed by atoms with Crippen LogP contribution in [-0.2, 0) is 42.9 Å². The number of hydrogen-bond donors (Lipinski definition) is 0. The number of nitrogens with zero attached hydrogens (tertiary/aromatic N) is 2. The van der Waals surface area contributed by atoms with Crippen molar-refractivity contribution in [2.45, 2.75) is 58.3 Å². The number of esters is 4. The van der Waals surface area contributed by atoms with Crippen LogP contribution in [0.4, 0.5) is 4.79 Å². The van der Waals surface area contributed by atoms with E-state index in [4.69, 9.17) is 23.7 Å². The van der Waals surface area contributed by atoms with Crippen LogP contribution < -0.4 is 0 Å². The van der Waals surface area contributed by atoms with E-state index in [9.17, 15) is 28.8 Å². The Labute approximate surface area is 210 Å². The smallest absolute Gasteiger partial charge is 0.338 e. The van der Waals surface area contributed by atoms with Crippen LogP contribution in [0.3, 0.4) is 0 Å². The first-order valence-corrected chi connectivity index (χ1v) is 11.3. The lowest BCUT2D eigenvalue weighted by Crippen LogP contribution is -2.67. The highest BCUT2D eigenvalue weighted by atomic mass is 16.7. The molecule has 13 heteroatoms. The molecular weight excluding hydrogens is 492 g/mol. The van der Waals surface area contributed by atoms with E-state index in [2.05, 4.69) is 0 Å². The predicted molar refractivity (Wildman–Crippen MR) is 121 cm³/mol. The van der Waals surface area contributed by atoms with E-state index in [0.717, 1.165) is 32.6 Å². The summed E-state index contributed by atoms with van der Waals surface area (Å²) in [6.07, 6.45) is -7.43. The van der Waals surface area contributed by atoms with Gasteiger partial charge in [-0.1, -0.05) is 18.2 Å². The van der Waals surface area contributed by atoms with Crippen LogP contribution in [0.15, 0.2) is 30.3 Å². The Bertz CT molecular complexity index is 1300. The molecular formula is C24H24N2O11. The third-order valence-corrected chi connectivity index (χ3v) is 5.77. The molecule has 2 aliphatic rings. The number of imide groups is 1. The second-order valence-electron chi connectivity index (χ2n) is 8.47. The first-order valence-electron chi connectivity index (χ1n) is 11.3. The molecule has 13 nitrogen and oxygen atoms in total. The Morgan fingerprint density at radius 2 is 1.43 bits per heavy atom. The van der Waals surface area contributed by atoms with E-state index >= 15 is 0 Å². The Hall–Kier alpha value is -4.26. The summed E-state index contributed by atoms with van der Waals surface area (Å²) >= 11 is 0. The number of hydrogen-bond acceptors (Lipinski definition) is 11. The van der Waals surface area contributed by atoms with Gasteiger partial charge in [-0.3, -0.25) is 28.5 Å². The minimum absolute atomic E-state index is 0.0408. The van der Waals surface area contributed by atoms with Gasteiger partial charge >= 0.3 is 29.9 Å². The molecule has 0 radical (unpaired) electrons. The molecule has 1 aromatic heterocycles. The fourth-order valence-electron chi connectivity index (χ4n) is 4.47. The highest BCUT2D eigenvalue weighted by Crippen LogP contribution is 2.35. The van der Waals surface area contributed by atoms with Crippen molar-refractivity contribution in [2.24, 2.45) is 0 Å². The van der Waals surface area contributed by atoms with Gasteiger partial charge < -0.3 is 23.7 Å². The van der Waals surface area contributed by atoms with Crippen LogP contribution in [0.1, 0.15) is 38.2 Å². The third kappa shape index (κ3) is 4.89. The molecule has 3 heterocycles. The molecule has 2 amide bonds. The van der Waals surface area contributed by atoms with Crippen molar-refractivity contribution >= 4 is 46.7 Å². The van der Waals surface area contributed by atoms with E-state index < -0.39 is 73.1 Å². The minimum atomic E-state index is -1.63. The number of aromatic nitrogens is 1. The van der Waals surface area contributed by atoms with Crippen molar-refractivity contribution in [3.8, 4) is 0 Å². The normalized spacial score (nSPS) is 25.0. The van der Waals surface area contributed by atoms with Crippen molar-refractivity contribution < 1.29 is 52.5 Å². The van der Waals surface area contributed by atoms with Crippen molar-refractivity contribution in [1.82, 2.24) is 9.47 Å². The standard InChI is InChI=1S/C24H24N2O11/c1-11(27)33-10-18-19(34-12(2)28)20(35-13(3)29)21(36-14(4)30)23(37-18)26-22(31)17-9-15-7-5-6-8-16(15)25(17)24(26)32/h5-9,18-21,23H,10H2,1-4H3/t18-,19-,20+,21-,23-/m1/s1. The monoisotopic (exact) mass is 516 g/mol. The molecule has 1 saturated heterocycles. The molecule has 37 heavy (non-hydrogen) atoms. The van der Waals surface area contributed by atoms with Gasteiger partial charge in [0.15, 0.2) is 24.5 Å². The molecule has 2 aromatic rings. The van der Waals surface area contributed by atoms with Crippen molar-refractivity contribution in [3.63, 3.8) is 0 Å². The Balaban J connectivity index is 1.80.